The Morgan fingerprint density at radius 1 is 1.50 bits per heavy atom. The fourth-order valence-corrected chi connectivity index (χ4v) is 3.20. The highest BCUT2D eigenvalue weighted by Crippen LogP contribution is 2.27. The topological polar surface area (TPSA) is 94.3 Å². The number of primary sulfonamides is 1. The number of nitrogens with two attached hydrogens (primary N) is 1. The Morgan fingerprint density at radius 3 is 2.80 bits per heavy atom. The summed E-state index contributed by atoms with van der Waals surface area (Å²) >= 11 is 7.08. The van der Waals surface area contributed by atoms with Crippen molar-refractivity contribution in [3.8, 4) is 5.75 Å². The van der Waals surface area contributed by atoms with Gasteiger partial charge in [0.15, 0.2) is 4.47 Å². The number of sulfonamides is 1. The molecule has 0 aliphatic rings. The van der Waals surface area contributed by atoms with Crippen molar-refractivity contribution in [2.45, 2.75) is 11.4 Å². The molecule has 9 heteroatoms. The molecule has 0 amide bonds. The molecule has 3 N–H and O–H groups in total. The zero-order chi connectivity index (χ0) is 14.8. The summed E-state index contributed by atoms with van der Waals surface area (Å²) in [7, 11) is -2.46. The SMILES string of the molecule is COc1ccc(NCc2cnc(Cl)s2)cc1S(N)(=O)=O. The van der Waals surface area contributed by atoms with Crippen LogP contribution in [-0.2, 0) is 16.6 Å². The summed E-state index contributed by atoms with van der Waals surface area (Å²) in [4.78, 5) is 4.79. The minimum Gasteiger partial charge on any atom is -0.495 e. The molecule has 2 aromatic rings. The number of nitrogens with one attached hydrogen (secondary N) is 1. The van der Waals surface area contributed by atoms with E-state index in [0.717, 1.165) is 4.88 Å². The number of hydrogen-bond donors (Lipinski definition) is 2. The van der Waals surface area contributed by atoms with Gasteiger partial charge < -0.3 is 10.1 Å². The van der Waals surface area contributed by atoms with Gasteiger partial charge in [0.25, 0.3) is 0 Å². The molecule has 0 saturated heterocycles. The average Bonchev–Trinajstić information content (AvgIpc) is 2.81. The van der Waals surface area contributed by atoms with Crippen LogP contribution in [0.2, 0.25) is 4.47 Å². The lowest BCUT2D eigenvalue weighted by molar-refractivity contribution is 0.403. The number of nitrogens with zero attached hydrogens (tertiary/aromatic N) is 1. The quantitative estimate of drug-likeness (QED) is 0.873. The Hall–Kier alpha value is -1.35. The van der Waals surface area contributed by atoms with Crippen LogP contribution in [0.25, 0.3) is 0 Å². The molecule has 0 unspecified atom stereocenters. The number of ether oxygens (including phenoxy) is 1. The second kappa shape index (κ2) is 5.96. The summed E-state index contributed by atoms with van der Waals surface area (Å²) < 4.78 is 28.4. The summed E-state index contributed by atoms with van der Waals surface area (Å²) in [6.07, 6.45) is 1.66. The van der Waals surface area contributed by atoms with Crippen molar-refractivity contribution in [2.75, 3.05) is 12.4 Å². The van der Waals surface area contributed by atoms with Crippen LogP contribution in [0.1, 0.15) is 4.88 Å². The number of hydrogen-bond acceptors (Lipinski definition) is 6. The smallest absolute Gasteiger partial charge is 0.241 e. The first-order valence-corrected chi connectivity index (χ1v) is 8.19. The molecule has 0 aliphatic heterocycles. The van der Waals surface area contributed by atoms with Crippen molar-refractivity contribution in [3.05, 3.63) is 33.7 Å². The van der Waals surface area contributed by atoms with Gasteiger partial charge in [-0.15, -0.1) is 11.3 Å². The van der Waals surface area contributed by atoms with E-state index in [1.807, 2.05) is 0 Å². The predicted octanol–water partition coefficient (Wildman–Crippen LogP) is 2.06. The van der Waals surface area contributed by atoms with Gasteiger partial charge >= 0.3 is 0 Å². The van der Waals surface area contributed by atoms with Crippen molar-refractivity contribution >= 4 is 38.6 Å². The Bertz CT molecular complexity index is 715. The molecule has 1 heterocycles. The summed E-state index contributed by atoms with van der Waals surface area (Å²) in [6.45, 7) is 0.487. The van der Waals surface area contributed by atoms with Crippen LogP contribution in [-0.4, -0.2) is 20.5 Å². The van der Waals surface area contributed by atoms with Crippen molar-refractivity contribution in [1.29, 1.82) is 0 Å². The zero-order valence-electron chi connectivity index (χ0n) is 10.5. The third-order valence-electron chi connectivity index (χ3n) is 2.46. The number of rotatable bonds is 5. The van der Waals surface area contributed by atoms with Crippen LogP contribution in [0.4, 0.5) is 5.69 Å². The lowest BCUT2D eigenvalue weighted by atomic mass is 10.3. The van der Waals surface area contributed by atoms with Gasteiger partial charge in [0.1, 0.15) is 10.6 Å². The van der Waals surface area contributed by atoms with E-state index in [1.165, 1.54) is 24.5 Å². The first kappa shape index (κ1) is 15.0. The molecule has 1 aromatic heterocycles. The molecule has 1 aromatic carbocycles. The Kier molecular flexibility index (Phi) is 4.48. The van der Waals surface area contributed by atoms with E-state index in [1.54, 1.807) is 18.3 Å². The van der Waals surface area contributed by atoms with Crippen molar-refractivity contribution in [2.24, 2.45) is 5.14 Å². The molecule has 0 aliphatic carbocycles. The Labute approximate surface area is 125 Å². The van der Waals surface area contributed by atoms with E-state index in [2.05, 4.69) is 10.3 Å². The monoisotopic (exact) mass is 333 g/mol. The normalized spacial score (nSPS) is 11.3. The third-order valence-corrected chi connectivity index (χ3v) is 4.51. The minimum absolute atomic E-state index is 0.0627. The van der Waals surface area contributed by atoms with Gasteiger partial charge in [-0.25, -0.2) is 18.5 Å². The fraction of sp³-hybridized carbons (Fsp3) is 0.182. The number of benzene rings is 1. The van der Waals surface area contributed by atoms with Gasteiger partial charge in [-0.1, -0.05) is 11.6 Å². The molecule has 6 nitrogen and oxygen atoms in total. The summed E-state index contributed by atoms with van der Waals surface area (Å²) in [6, 6.07) is 4.68. The lowest BCUT2D eigenvalue weighted by Gasteiger charge is -2.10. The van der Waals surface area contributed by atoms with Crippen LogP contribution in [0.15, 0.2) is 29.3 Å². The van der Waals surface area contributed by atoms with E-state index in [9.17, 15) is 8.42 Å². The fourth-order valence-electron chi connectivity index (χ4n) is 1.56. The highest BCUT2D eigenvalue weighted by Gasteiger charge is 2.15. The molecular weight excluding hydrogens is 322 g/mol. The van der Waals surface area contributed by atoms with E-state index in [4.69, 9.17) is 21.5 Å². The summed E-state index contributed by atoms with van der Waals surface area (Å²) in [5.74, 6) is 0.207. The molecule has 0 spiro atoms. The van der Waals surface area contributed by atoms with Crippen LogP contribution in [0.3, 0.4) is 0 Å². The number of methoxy groups -OCH3 is 1. The molecule has 20 heavy (non-hydrogen) atoms. The van der Waals surface area contributed by atoms with Crippen molar-refractivity contribution in [1.82, 2.24) is 4.98 Å². The molecule has 2 rings (SSSR count). The molecule has 0 saturated carbocycles. The van der Waals surface area contributed by atoms with Crippen LogP contribution < -0.4 is 15.2 Å². The molecular formula is C11H12ClN3O3S2. The van der Waals surface area contributed by atoms with Gasteiger partial charge in [0.2, 0.25) is 10.0 Å². The first-order valence-electron chi connectivity index (χ1n) is 5.45. The molecule has 108 valence electrons. The van der Waals surface area contributed by atoms with Crippen LogP contribution in [0, 0.1) is 0 Å². The number of anilines is 1. The Morgan fingerprint density at radius 2 is 2.25 bits per heavy atom. The maximum atomic E-state index is 11.5. The summed E-state index contributed by atoms with van der Waals surface area (Å²) in [5.41, 5.74) is 0.611. The first-order chi connectivity index (χ1) is 9.40. The highest BCUT2D eigenvalue weighted by atomic mass is 35.5. The molecule has 0 radical (unpaired) electrons. The summed E-state index contributed by atoms with van der Waals surface area (Å²) in [5, 5.41) is 8.23. The lowest BCUT2D eigenvalue weighted by Crippen LogP contribution is -2.14. The van der Waals surface area contributed by atoms with Gasteiger partial charge in [0.05, 0.1) is 13.7 Å². The Balaban J connectivity index is 2.21. The van der Waals surface area contributed by atoms with Gasteiger partial charge in [0, 0.05) is 16.8 Å². The average molecular weight is 334 g/mol. The second-order valence-electron chi connectivity index (χ2n) is 3.84. The maximum Gasteiger partial charge on any atom is 0.241 e. The van der Waals surface area contributed by atoms with E-state index in [-0.39, 0.29) is 10.6 Å². The van der Waals surface area contributed by atoms with Gasteiger partial charge in [-0.05, 0) is 18.2 Å². The van der Waals surface area contributed by atoms with E-state index in [0.29, 0.717) is 16.7 Å². The van der Waals surface area contributed by atoms with Crippen LogP contribution >= 0.6 is 22.9 Å². The molecule has 0 atom stereocenters. The zero-order valence-corrected chi connectivity index (χ0v) is 12.8. The number of halogens is 1. The largest absolute Gasteiger partial charge is 0.495 e. The number of aromatic nitrogens is 1. The minimum atomic E-state index is -3.84. The molecule has 0 fully saturated rings. The van der Waals surface area contributed by atoms with Crippen molar-refractivity contribution in [3.63, 3.8) is 0 Å². The van der Waals surface area contributed by atoms with Gasteiger partial charge in [-0.3, -0.25) is 0 Å². The van der Waals surface area contributed by atoms with Crippen LogP contribution in [0.5, 0.6) is 5.75 Å². The highest BCUT2D eigenvalue weighted by molar-refractivity contribution is 7.89. The molecule has 0 bridgehead atoms. The van der Waals surface area contributed by atoms with Gasteiger partial charge in [-0.2, -0.15) is 0 Å². The third kappa shape index (κ3) is 3.60. The maximum absolute atomic E-state index is 11.5. The predicted molar refractivity (Wildman–Crippen MR) is 78.8 cm³/mol. The standard InChI is InChI=1S/C11H12ClN3O3S2/c1-18-9-3-2-7(4-10(9)20(13,16)17)14-5-8-6-15-11(12)19-8/h2-4,6,14H,5H2,1H3,(H2,13,16,17). The second-order valence-corrected chi connectivity index (χ2v) is 7.07. The number of thiazole rings is 1. The van der Waals surface area contributed by atoms with E-state index < -0.39 is 10.0 Å². The van der Waals surface area contributed by atoms with E-state index >= 15 is 0 Å². The van der Waals surface area contributed by atoms with Crippen molar-refractivity contribution < 1.29 is 13.2 Å².